The van der Waals surface area contributed by atoms with Crippen molar-refractivity contribution in [1.82, 2.24) is 78.1 Å². The Morgan fingerprint density at radius 1 is 0.404 bits per heavy atom. The zero-order valence-corrected chi connectivity index (χ0v) is 83.7. The lowest BCUT2D eigenvalue weighted by Gasteiger charge is -2.19. The lowest BCUT2D eigenvalue weighted by atomic mass is 10.1. The fraction of sp³-hybridized carbons (Fsp3) is 0.435. The van der Waals surface area contributed by atoms with Crippen molar-refractivity contribution in [3.8, 4) is 5.75 Å². The minimum atomic E-state index is -4.01. The van der Waals surface area contributed by atoms with E-state index in [1.165, 1.54) is 76.5 Å². The molecule has 12 N–H and O–H groups in total. The van der Waals surface area contributed by atoms with Gasteiger partial charge in [-0.05, 0) is 135 Å². The second kappa shape index (κ2) is 55.2. The Morgan fingerprint density at radius 2 is 0.699 bits per heavy atom. The summed E-state index contributed by atoms with van der Waals surface area (Å²) < 4.78 is 222. The number of ether oxygens (including phenoxy) is 13. The van der Waals surface area contributed by atoms with Gasteiger partial charge in [0.25, 0.3) is 22.2 Å². The lowest BCUT2D eigenvalue weighted by Crippen LogP contribution is -2.17. The number of methoxy groups -OCH3 is 2. The van der Waals surface area contributed by atoms with Gasteiger partial charge in [-0.3, -0.25) is 75.5 Å². The number of nitrogens with two attached hydrogens (primary N) is 4. The molecule has 8 aromatic heterocycles. The van der Waals surface area contributed by atoms with Crippen LogP contribution in [0.25, 0.3) is 44.7 Å². The SMILES string of the molecule is COC(=O)OCOP(=O)(COCCn1cnc2c(=O)[nH]c(N)nc21)OCc1ccc(C)c(F)c1.COc1ccc(COP(=O)(COCCn2cnc3c(=O)[nH]c(N)nc32)OCOC(=O)OCC(C)C)cc1F.Cc1ccc(COP(=O)(COCCn2cnc3c(=O)[nH]c(N)nc32)OCOC(=O)OC(C)C)cc1F.Cc1ccc(COP(=O)(COCCn2cnc3c(=O)[nH]c(N)nc32)OCOC(=O)OC2CCCC2)cc1F. The van der Waals surface area contributed by atoms with Gasteiger partial charge in [0.15, 0.2) is 56.2 Å². The van der Waals surface area contributed by atoms with Gasteiger partial charge >= 0.3 is 55.0 Å². The second-order valence-electron chi connectivity index (χ2n) is 31.8. The smallest absolute Gasteiger partial charge is 0.494 e. The third kappa shape index (κ3) is 36.0. The van der Waals surface area contributed by atoms with E-state index in [-0.39, 0.29) is 172 Å². The summed E-state index contributed by atoms with van der Waals surface area (Å²) in [6, 6.07) is 17.4. The Bertz CT molecular complexity index is 6800. The van der Waals surface area contributed by atoms with E-state index >= 15 is 0 Å². The van der Waals surface area contributed by atoms with Crippen LogP contribution in [0.4, 0.5) is 60.5 Å². The van der Waals surface area contributed by atoms with Crippen molar-refractivity contribution in [2.45, 2.75) is 139 Å². The number of carbonyl (C=O) groups excluding carboxylic acids is 4. The molecule has 13 rings (SSSR count). The van der Waals surface area contributed by atoms with Gasteiger partial charge in [0, 0.05) is 26.2 Å². The number of rotatable bonds is 49. The molecule has 12 aromatic rings. The molecule has 4 aromatic carbocycles. The molecule has 0 amide bonds. The van der Waals surface area contributed by atoms with E-state index in [0.29, 0.717) is 38.9 Å². The normalized spacial score (nSPS) is 13.7. The summed E-state index contributed by atoms with van der Waals surface area (Å²) in [6.07, 6.45) is 2.41. The van der Waals surface area contributed by atoms with Crippen molar-refractivity contribution < 1.29 is 153 Å². The number of benzene rings is 4. The number of aryl methyl sites for hydroxylation is 3. The van der Waals surface area contributed by atoms with Gasteiger partial charge < -0.3 is 121 Å². The predicted molar refractivity (Wildman–Crippen MR) is 507 cm³/mol. The molecule has 4 atom stereocenters. The van der Waals surface area contributed by atoms with E-state index in [0.717, 1.165) is 38.9 Å². The monoisotopic (exact) mass is 2140 g/mol. The molecule has 1 aliphatic carbocycles. The van der Waals surface area contributed by atoms with E-state index in [4.69, 9.17) is 111 Å². The summed E-state index contributed by atoms with van der Waals surface area (Å²) in [5.41, 5.74) is 24.8. The van der Waals surface area contributed by atoms with Crippen LogP contribution in [0.5, 0.6) is 5.75 Å². The standard InChI is InChI=1S/C23H29FN5O8P.C22H29FN5O9P.C21H27FN5O8P.C19H23FN5O8P/c1-15-6-7-16(10-18(15)24)11-35-38(32,36-13-34-23(31)37-17-4-2-3-5-17)14-33-9-8-29-12-26-19-20(29)27-22(25)28-21(19)30;1-14(2)9-34-22(30)35-12-37-38(31,36-10-15-4-5-17(32-3)16(23)8-15)13-33-7-6-28-11-25-18-19(28)26-21(24)27-20(18)29;1-13(2)35-21(29)32-11-34-36(30,33-9-15-5-4-14(3)16(22)8-15)12-31-7-6-27-10-24-17-18(27)25-20(23)26-19(17)28;1-12-3-4-13(7-14(12)20)8-32-34(28,33-10-31-19(27)29-2)11-30-6-5-25-9-22-15-16(25)23-18(21)24-17(15)26/h6-7,10,12,17H,2-5,8-9,11,13-14H2,1H3,(H3,25,27,28,30);4-5,8,11,14H,6-7,9-10,12-13H2,1-3H3,(H3,24,26,27,29);4-5,8,10,13H,6-7,9,11-12H2,1-3H3,(H3,23,25,26,28);3-4,7,9H,5-6,8,10-11H2,1-2H3,(H3,21,23,24,26). The highest BCUT2D eigenvalue weighted by Gasteiger charge is 2.33. The predicted octanol–water partition coefficient (Wildman–Crippen LogP) is 12.0. The fourth-order valence-corrected chi connectivity index (χ4v) is 16.9. The van der Waals surface area contributed by atoms with Crippen molar-refractivity contribution in [1.29, 1.82) is 0 Å². The number of aromatic amines is 4. The molecule has 0 spiro atoms. The molecule has 1 fully saturated rings. The fourth-order valence-electron chi connectivity index (χ4n) is 12.4. The molecule has 0 aliphatic heterocycles. The molecule has 1 saturated carbocycles. The van der Waals surface area contributed by atoms with Gasteiger partial charge in [-0.1, -0.05) is 56.3 Å². The highest BCUT2D eigenvalue weighted by Crippen LogP contribution is 2.52. The number of aromatic nitrogens is 16. The summed E-state index contributed by atoms with van der Waals surface area (Å²) in [4.78, 5) is 135. The average molecular weight is 2140 g/mol. The molecule has 146 heavy (non-hydrogen) atoms. The maximum absolute atomic E-state index is 14.0. The summed E-state index contributed by atoms with van der Waals surface area (Å²) >= 11 is 0. The van der Waals surface area contributed by atoms with Gasteiger partial charge in [-0.15, -0.1) is 0 Å². The Hall–Kier alpha value is -13.5. The minimum Gasteiger partial charge on any atom is -0.494 e. The van der Waals surface area contributed by atoms with E-state index < -0.39 is 159 Å². The summed E-state index contributed by atoms with van der Waals surface area (Å²) in [6.45, 7) is 8.83. The largest absolute Gasteiger partial charge is 0.510 e. The average Bonchev–Trinajstić information content (AvgIpc) is 1.67. The number of imidazole rings is 4. The number of hydrogen-bond acceptors (Lipinski definition) is 45. The van der Waals surface area contributed by atoms with E-state index in [9.17, 15) is 74.2 Å². The first kappa shape index (κ1) is 114. The Labute approximate surface area is 825 Å². The number of carbonyl (C=O) groups is 4. The van der Waals surface area contributed by atoms with E-state index in [1.807, 2.05) is 13.8 Å². The Balaban J connectivity index is 0.000000200. The molecule has 1 aliphatic rings. The van der Waals surface area contributed by atoms with Gasteiger partial charge in [-0.25, -0.2) is 56.7 Å². The van der Waals surface area contributed by atoms with Gasteiger partial charge in [-0.2, -0.15) is 19.9 Å². The third-order valence-electron chi connectivity index (χ3n) is 19.8. The van der Waals surface area contributed by atoms with Crippen LogP contribution in [-0.4, -0.2) is 215 Å². The molecule has 0 saturated heterocycles. The molecular weight excluding hydrogens is 2030 g/mol. The van der Waals surface area contributed by atoms with Crippen LogP contribution in [0.3, 0.4) is 0 Å². The van der Waals surface area contributed by atoms with Crippen LogP contribution in [0.1, 0.15) is 92.3 Å². The Kier molecular flexibility index (Phi) is 43.3. The molecule has 61 heteroatoms. The first-order valence-corrected chi connectivity index (χ1v) is 50.9. The van der Waals surface area contributed by atoms with Crippen LogP contribution in [0.2, 0.25) is 0 Å². The maximum atomic E-state index is 14.0. The highest BCUT2D eigenvalue weighted by molar-refractivity contribution is 7.54. The molecule has 4 unspecified atom stereocenters. The molecule has 0 radical (unpaired) electrons. The summed E-state index contributed by atoms with van der Waals surface area (Å²) in [5, 5.41) is 0. The number of anilines is 4. The number of nitrogens with zero attached hydrogens (tertiary/aromatic N) is 12. The molecular formula is C85H108F4N20O33P4. The lowest BCUT2D eigenvalue weighted by molar-refractivity contribution is -0.0215. The van der Waals surface area contributed by atoms with Gasteiger partial charge in [0.1, 0.15) is 48.9 Å². The molecule has 8 heterocycles. The van der Waals surface area contributed by atoms with Crippen molar-refractivity contribution >= 4 is 123 Å². The second-order valence-corrected chi connectivity index (χ2v) is 39.8. The highest BCUT2D eigenvalue weighted by atomic mass is 31.2. The van der Waals surface area contributed by atoms with Crippen molar-refractivity contribution in [3.05, 3.63) is 202 Å². The first-order chi connectivity index (χ1) is 69.6. The zero-order chi connectivity index (χ0) is 106. The van der Waals surface area contributed by atoms with E-state index in [2.05, 4.69) is 69.3 Å². The zero-order valence-electron chi connectivity index (χ0n) is 80.1. The number of nitrogens with one attached hydrogen (secondary N) is 4. The molecule has 53 nitrogen and oxygen atoms in total. The summed E-state index contributed by atoms with van der Waals surface area (Å²) in [7, 11) is -13.5. The topological polar surface area (TPSA) is 689 Å². The number of fused-ring (bicyclic) bond motifs is 4. The molecule has 794 valence electrons. The van der Waals surface area contributed by atoms with Crippen LogP contribution in [-0.2, 0) is 164 Å². The number of H-pyrrole nitrogens is 4. The van der Waals surface area contributed by atoms with Crippen LogP contribution in [0, 0.1) is 50.0 Å². The minimum absolute atomic E-state index is 0.00591. The van der Waals surface area contributed by atoms with Crippen LogP contribution < -0.4 is 49.9 Å². The quantitative estimate of drug-likeness (QED) is 0.00438. The number of hydrogen-bond donors (Lipinski definition) is 8. The van der Waals surface area contributed by atoms with Gasteiger partial charge in [0.05, 0.1) is 105 Å². The van der Waals surface area contributed by atoms with Crippen molar-refractivity contribution in [2.75, 3.05) is 123 Å². The van der Waals surface area contributed by atoms with Gasteiger partial charge in [0.2, 0.25) is 51.0 Å². The Morgan fingerprint density at radius 3 is 0.986 bits per heavy atom. The summed E-state index contributed by atoms with van der Waals surface area (Å²) in [5.74, 6) is -2.08. The number of nitrogen functional groups attached to an aromatic ring is 4. The van der Waals surface area contributed by atoms with Crippen molar-refractivity contribution in [3.63, 3.8) is 0 Å². The molecule has 0 bridgehead atoms. The van der Waals surface area contributed by atoms with E-state index in [1.54, 1.807) is 75.6 Å². The third-order valence-corrected chi connectivity index (χ3v) is 25.9. The van der Waals surface area contributed by atoms with Crippen LogP contribution in [0.15, 0.2) is 117 Å². The number of halogens is 4. The van der Waals surface area contributed by atoms with Crippen LogP contribution >= 0.6 is 30.4 Å². The van der Waals surface area contributed by atoms with Crippen molar-refractivity contribution in [2.24, 2.45) is 5.92 Å². The maximum Gasteiger partial charge on any atom is 0.510 e. The first-order valence-electron chi connectivity index (χ1n) is 44.0.